The van der Waals surface area contributed by atoms with Crippen molar-refractivity contribution in [2.24, 2.45) is 10.9 Å². The average molecular weight is 361 g/mol. The number of methoxy groups -OCH3 is 1. The largest absolute Gasteiger partial charge is 0.383 e. The second-order valence-corrected chi connectivity index (χ2v) is 7.22. The maximum absolute atomic E-state index is 5.18. The van der Waals surface area contributed by atoms with Gasteiger partial charge in [0.1, 0.15) is 0 Å². The summed E-state index contributed by atoms with van der Waals surface area (Å²) in [7, 11) is 1.77. The molecule has 0 bridgehead atoms. The molecule has 5 nitrogen and oxygen atoms in total. The van der Waals surface area contributed by atoms with Gasteiger partial charge in [-0.25, -0.2) is 0 Å². The second kappa shape index (κ2) is 11.2. The molecule has 1 aromatic carbocycles. The molecule has 26 heavy (non-hydrogen) atoms. The topological polar surface area (TPSA) is 48.9 Å². The molecule has 1 aromatic rings. The molecule has 1 unspecified atom stereocenters. The summed E-state index contributed by atoms with van der Waals surface area (Å²) in [5.41, 5.74) is 2.64. The fraction of sp³-hybridized carbons (Fsp3) is 0.667. The molecule has 2 rings (SSSR count). The summed E-state index contributed by atoms with van der Waals surface area (Å²) in [5.74, 6) is 1.60. The van der Waals surface area contributed by atoms with Gasteiger partial charge in [-0.05, 0) is 63.7 Å². The molecule has 1 aliphatic heterocycles. The Bertz CT molecular complexity index is 553. The molecule has 0 aromatic heterocycles. The van der Waals surface area contributed by atoms with E-state index in [1.54, 1.807) is 7.11 Å². The Labute approximate surface area is 159 Å². The van der Waals surface area contributed by atoms with E-state index in [-0.39, 0.29) is 6.04 Å². The van der Waals surface area contributed by atoms with Crippen molar-refractivity contribution in [2.75, 3.05) is 46.4 Å². The highest BCUT2D eigenvalue weighted by Gasteiger charge is 2.19. The molecular formula is C21H36N4O. The second-order valence-electron chi connectivity index (χ2n) is 7.22. The maximum Gasteiger partial charge on any atom is 0.191 e. The van der Waals surface area contributed by atoms with Crippen LogP contribution in [0, 0.1) is 12.8 Å². The summed E-state index contributed by atoms with van der Waals surface area (Å²) < 4.78 is 5.18. The van der Waals surface area contributed by atoms with Crippen LogP contribution < -0.4 is 10.6 Å². The first kappa shape index (κ1) is 20.7. The van der Waals surface area contributed by atoms with Crippen LogP contribution in [0.15, 0.2) is 29.3 Å². The third-order valence-corrected chi connectivity index (χ3v) is 5.18. The molecule has 146 valence electrons. The van der Waals surface area contributed by atoms with Crippen LogP contribution in [0.25, 0.3) is 0 Å². The quantitative estimate of drug-likeness (QED) is 0.553. The van der Waals surface area contributed by atoms with Gasteiger partial charge in [0.15, 0.2) is 5.96 Å². The highest BCUT2D eigenvalue weighted by Crippen LogP contribution is 2.18. The number of hydrogen-bond acceptors (Lipinski definition) is 3. The third kappa shape index (κ3) is 6.61. The Balaban J connectivity index is 1.86. The lowest BCUT2D eigenvalue weighted by atomic mass is 9.97. The molecular weight excluding hydrogens is 324 g/mol. The molecule has 1 saturated heterocycles. The van der Waals surface area contributed by atoms with Crippen LogP contribution in [0.3, 0.4) is 0 Å². The van der Waals surface area contributed by atoms with E-state index < -0.39 is 0 Å². The first-order chi connectivity index (χ1) is 12.6. The number of piperidine rings is 1. The molecule has 1 fully saturated rings. The van der Waals surface area contributed by atoms with E-state index in [1.165, 1.54) is 24.0 Å². The first-order valence-corrected chi connectivity index (χ1v) is 9.95. The van der Waals surface area contributed by atoms with Gasteiger partial charge in [0.05, 0.1) is 12.6 Å². The molecule has 0 saturated carbocycles. The SMILES string of the molecule is CCNC(=NCC1CCN(CCOC)CC1)NC(C)c1ccccc1C. The van der Waals surface area contributed by atoms with Crippen molar-refractivity contribution < 1.29 is 4.74 Å². The lowest BCUT2D eigenvalue weighted by Crippen LogP contribution is -2.40. The number of ether oxygens (including phenoxy) is 1. The average Bonchev–Trinajstić information content (AvgIpc) is 2.65. The number of likely N-dealkylation sites (tertiary alicyclic amines) is 1. The van der Waals surface area contributed by atoms with Crippen molar-refractivity contribution in [2.45, 2.75) is 39.7 Å². The number of nitrogens with one attached hydrogen (secondary N) is 2. The molecule has 1 aliphatic rings. The number of benzene rings is 1. The molecule has 2 N–H and O–H groups in total. The van der Waals surface area contributed by atoms with E-state index in [0.29, 0.717) is 5.92 Å². The highest BCUT2D eigenvalue weighted by molar-refractivity contribution is 5.80. The van der Waals surface area contributed by atoms with Gasteiger partial charge in [-0.2, -0.15) is 0 Å². The molecule has 0 aliphatic carbocycles. The zero-order valence-corrected chi connectivity index (χ0v) is 16.9. The normalized spacial score (nSPS) is 17.9. The maximum atomic E-state index is 5.18. The van der Waals surface area contributed by atoms with Crippen LogP contribution in [0.5, 0.6) is 0 Å². The summed E-state index contributed by atoms with van der Waals surface area (Å²) in [6, 6.07) is 8.78. The lowest BCUT2D eigenvalue weighted by Gasteiger charge is -2.31. The van der Waals surface area contributed by atoms with Gasteiger partial charge >= 0.3 is 0 Å². The zero-order chi connectivity index (χ0) is 18.8. The van der Waals surface area contributed by atoms with Crippen LogP contribution in [-0.4, -0.2) is 57.3 Å². The highest BCUT2D eigenvalue weighted by atomic mass is 16.5. The standard InChI is InChI=1S/C21H36N4O/c1-5-22-21(24-18(3)20-9-7-6-8-17(20)2)23-16-19-10-12-25(13-11-19)14-15-26-4/h6-9,18-19H,5,10-16H2,1-4H3,(H2,22,23,24). The molecule has 1 atom stereocenters. The molecule has 0 spiro atoms. The minimum atomic E-state index is 0.241. The number of guanidine groups is 1. The smallest absolute Gasteiger partial charge is 0.191 e. The van der Waals surface area contributed by atoms with Crippen LogP contribution in [0.2, 0.25) is 0 Å². The van der Waals surface area contributed by atoms with E-state index in [1.807, 2.05) is 0 Å². The Hall–Kier alpha value is -1.59. The van der Waals surface area contributed by atoms with E-state index in [0.717, 1.165) is 45.3 Å². The zero-order valence-electron chi connectivity index (χ0n) is 16.9. The van der Waals surface area contributed by atoms with E-state index in [2.05, 4.69) is 60.6 Å². The van der Waals surface area contributed by atoms with Gasteiger partial charge < -0.3 is 20.3 Å². The van der Waals surface area contributed by atoms with Crippen molar-refractivity contribution in [3.8, 4) is 0 Å². The molecule has 5 heteroatoms. The van der Waals surface area contributed by atoms with E-state index >= 15 is 0 Å². The fourth-order valence-electron chi connectivity index (χ4n) is 3.51. The van der Waals surface area contributed by atoms with Gasteiger partial charge in [0.25, 0.3) is 0 Å². The number of rotatable bonds is 8. The Morgan fingerprint density at radius 3 is 2.69 bits per heavy atom. The number of hydrogen-bond donors (Lipinski definition) is 2. The predicted molar refractivity (Wildman–Crippen MR) is 110 cm³/mol. The van der Waals surface area contributed by atoms with Gasteiger partial charge in [-0.1, -0.05) is 24.3 Å². The van der Waals surface area contributed by atoms with Gasteiger partial charge in [-0.3, -0.25) is 4.99 Å². The Kier molecular flexibility index (Phi) is 8.92. The predicted octanol–water partition coefficient (Wildman–Crippen LogP) is 2.97. The molecule has 1 heterocycles. The van der Waals surface area contributed by atoms with Crippen molar-refractivity contribution in [1.82, 2.24) is 15.5 Å². The van der Waals surface area contributed by atoms with Crippen molar-refractivity contribution in [1.29, 1.82) is 0 Å². The Morgan fingerprint density at radius 1 is 1.31 bits per heavy atom. The minimum Gasteiger partial charge on any atom is -0.383 e. The van der Waals surface area contributed by atoms with Crippen LogP contribution >= 0.6 is 0 Å². The summed E-state index contributed by atoms with van der Waals surface area (Å²) >= 11 is 0. The van der Waals surface area contributed by atoms with Crippen molar-refractivity contribution in [3.63, 3.8) is 0 Å². The van der Waals surface area contributed by atoms with E-state index in [9.17, 15) is 0 Å². The summed E-state index contributed by atoms with van der Waals surface area (Å²) in [6.07, 6.45) is 2.44. The van der Waals surface area contributed by atoms with Gasteiger partial charge in [-0.15, -0.1) is 0 Å². The first-order valence-electron chi connectivity index (χ1n) is 9.95. The number of nitrogens with zero attached hydrogens (tertiary/aromatic N) is 2. The fourth-order valence-corrected chi connectivity index (χ4v) is 3.51. The van der Waals surface area contributed by atoms with Crippen LogP contribution in [0.4, 0.5) is 0 Å². The van der Waals surface area contributed by atoms with Crippen LogP contribution in [0.1, 0.15) is 43.9 Å². The summed E-state index contributed by atoms with van der Waals surface area (Å²) in [6.45, 7) is 12.4. The Morgan fingerprint density at radius 2 is 2.04 bits per heavy atom. The van der Waals surface area contributed by atoms with Crippen molar-refractivity contribution >= 4 is 5.96 Å². The van der Waals surface area contributed by atoms with E-state index in [4.69, 9.17) is 9.73 Å². The summed E-state index contributed by atoms with van der Waals surface area (Å²) in [5, 5.41) is 6.95. The molecule has 0 radical (unpaired) electrons. The number of aryl methyl sites for hydroxylation is 1. The van der Waals surface area contributed by atoms with Crippen molar-refractivity contribution in [3.05, 3.63) is 35.4 Å². The third-order valence-electron chi connectivity index (χ3n) is 5.18. The number of aliphatic imine (C=N–C) groups is 1. The monoisotopic (exact) mass is 360 g/mol. The lowest BCUT2D eigenvalue weighted by molar-refractivity contribution is 0.121. The van der Waals surface area contributed by atoms with Crippen LogP contribution in [-0.2, 0) is 4.74 Å². The van der Waals surface area contributed by atoms with Gasteiger partial charge in [0, 0.05) is 26.7 Å². The molecule has 0 amide bonds. The minimum absolute atomic E-state index is 0.241. The van der Waals surface area contributed by atoms with Gasteiger partial charge in [0.2, 0.25) is 0 Å². The summed E-state index contributed by atoms with van der Waals surface area (Å²) in [4.78, 5) is 7.36.